The van der Waals surface area contributed by atoms with E-state index in [1.165, 1.54) is 0 Å². The van der Waals surface area contributed by atoms with Gasteiger partial charge in [0.2, 0.25) is 0 Å². The molecule has 1 aromatic heterocycles. The first-order valence-corrected chi connectivity index (χ1v) is 7.22. The van der Waals surface area contributed by atoms with E-state index in [4.69, 9.17) is 4.74 Å². The molecule has 0 bridgehead atoms. The summed E-state index contributed by atoms with van der Waals surface area (Å²) in [4.78, 5) is 18.8. The van der Waals surface area contributed by atoms with Crippen LogP contribution in [0.5, 0.6) is 5.75 Å². The molecule has 0 saturated carbocycles. The van der Waals surface area contributed by atoms with Crippen LogP contribution in [0.15, 0.2) is 48.7 Å². The number of ether oxygens (including phenoxy) is 1. The number of hydrogen-bond donors (Lipinski definition) is 0. The molecule has 4 nitrogen and oxygen atoms in total. The van der Waals surface area contributed by atoms with Crippen molar-refractivity contribution in [3.63, 3.8) is 0 Å². The fourth-order valence-electron chi connectivity index (χ4n) is 2.63. The van der Waals surface area contributed by atoms with E-state index >= 15 is 0 Å². The maximum Gasteiger partial charge on any atom is 0.269 e. The molecule has 1 aromatic carbocycles. The third kappa shape index (κ3) is 2.79. The van der Waals surface area contributed by atoms with Crippen LogP contribution >= 0.6 is 12.4 Å². The summed E-state index contributed by atoms with van der Waals surface area (Å²) in [6.45, 7) is 3.97. The van der Waals surface area contributed by atoms with Crippen molar-refractivity contribution >= 4 is 24.1 Å². The number of benzene rings is 1. The molecule has 1 aliphatic heterocycles. The molecule has 0 saturated heterocycles. The first-order chi connectivity index (χ1) is 10.2. The van der Waals surface area contributed by atoms with E-state index in [-0.39, 0.29) is 24.4 Å². The Morgan fingerprint density at radius 2 is 1.95 bits per heavy atom. The summed E-state index contributed by atoms with van der Waals surface area (Å²) in [5.74, 6) is 1.25. The molecule has 2 unspecified atom stereocenters. The maximum absolute atomic E-state index is 12.7. The van der Waals surface area contributed by atoms with Crippen LogP contribution in [0.4, 0.5) is 5.82 Å². The van der Waals surface area contributed by atoms with E-state index in [2.05, 4.69) is 4.98 Å². The molecule has 5 heteroatoms. The van der Waals surface area contributed by atoms with E-state index in [0.29, 0.717) is 18.0 Å². The number of hydrogen-bond acceptors (Lipinski definition) is 3. The molecule has 1 aliphatic rings. The highest BCUT2D eigenvalue weighted by Crippen LogP contribution is 2.37. The summed E-state index contributed by atoms with van der Waals surface area (Å²) < 4.78 is 5.76. The lowest BCUT2D eigenvalue weighted by molar-refractivity contribution is -0.127. The van der Waals surface area contributed by atoms with Crippen molar-refractivity contribution in [2.45, 2.75) is 32.4 Å². The molecular weight excluding hydrogens is 300 g/mol. The minimum atomic E-state index is -0.437. The minimum Gasteiger partial charge on any atom is -0.477 e. The topological polar surface area (TPSA) is 42.4 Å². The second-order valence-corrected chi connectivity index (χ2v) is 5.13. The summed E-state index contributed by atoms with van der Waals surface area (Å²) >= 11 is 0. The SMILES string of the molecule is CCC1Oc2cccnc2N(C(C)c2ccccc2)C1=O.Cl. The molecule has 1 amide bonds. The van der Waals surface area contributed by atoms with Crippen LogP contribution < -0.4 is 9.64 Å². The number of aromatic nitrogens is 1. The average Bonchev–Trinajstić information content (AvgIpc) is 2.54. The van der Waals surface area contributed by atoms with Crippen LogP contribution in [0, 0.1) is 0 Å². The number of rotatable bonds is 3. The number of amides is 1. The van der Waals surface area contributed by atoms with Gasteiger partial charge >= 0.3 is 0 Å². The van der Waals surface area contributed by atoms with E-state index in [9.17, 15) is 4.79 Å². The molecule has 116 valence electrons. The van der Waals surface area contributed by atoms with Crippen LogP contribution in [0.1, 0.15) is 31.9 Å². The van der Waals surface area contributed by atoms with E-state index < -0.39 is 6.10 Å². The minimum absolute atomic E-state index is 0. The molecule has 0 fully saturated rings. The Labute approximate surface area is 136 Å². The summed E-state index contributed by atoms with van der Waals surface area (Å²) in [6, 6.07) is 13.6. The van der Waals surface area contributed by atoms with Crippen molar-refractivity contribution in [3.8, 4) is 5.75 Å². The molecular formula is C17H19ClN2O2. The summed E-state index contributed by atoms with van der Waals surface area (Å²) in [6.07, 6.45) is 1.89. The van der Waals surface area contributed by atoms with Gasteiger partial charge in [-0.1, -0.05) is 37.3 Å². The highest BCUT2D eigenvalue weighted by atomic mass is 35.5. The molecule has 0 radical (unpaired) electrons. The Hall–Kier alpha value is -2.07. The van der Waals surface area contributed by atoms with E-state index in [0.717, 1.165) is 5.56 Å². The van der Waals surface area contributed by atoms with Crippen molar-refractivity contribution in [1.82, 2.24) is 4.98 Å². The standard InChI is InChI=1S/C17H18N2O2.ClH/c1-3-14-17(20)19(12(2)13-8-5-4-6-9-13)16-15(21-14)10-7-11-18-16;/h4-12,14H,3H2,1-2H3;1H. The number of halogens is 1. The van der Waals surface area contributed by atoms with Crippen molar-refractivity contribution in [1.29, 1.82) is 0 Å². The molecule has 2 atom stereocenters. The number of pyridine rings is 1. The number of anilines is 1. The highest BCUT2D eigenvalue weighted by molar-refractivity contribution is 5.99. The van der Waals surface area contributed by atoms with Crippen molar-refractivity contribution in [2.24, 2.45) is 0 Å². The lowest BCUT2D eigenvalue weighted by Crippen LogP contribution is -2.47. The number of carbonyl (C=O) groups is 1. The molecule has 22 heavy (non-hydrogen) atoms. The van der Waals surface area contributed by atoms with Gasteiger partial charge in [0.05, 0.1) is 6.04 Å². The van der Waals surface area contributed by atoms with Crippen LogP contribution in [0.25, 0.3) is 0 Å². The number of nitrogens with zero attached hydrogens (tertiary/aromatic N) is 2. The van der Waals surface area contributed by atoms with Gasteiger partial charge in [-0.05, 0) is 31.0 Å². The fourth-order valence-corrected chi connectivity index (χ4v) is 2.63. The zero-order valence-electron chi connectivity index (χ0n) is 12.6. The Morgan fingerprint density at radius 1 is 1.23 bits per heavy atom. The summed E-state index contributed by atoms with van der Waals surface area (Å²) in [5, 5.41) is 0. The van der Waals surface area contributed by atoms with Gasteiger partial charge in [-0.2, -0.15) is 0 Å². The van der Waals surface area contributed by atoms with Crippen LogP contribution in [0.3, 0.4) is 0 Å². The fraction of sp³-hybridized carbons (Fsp3) is 0.294. The van der Waals surface area contributed by atoms with Gasteiger partial charge in [-0.15, -0.1) is 12.4 Å². The molecule has 3 rings (SSSR count). The third-order valence-corrected chi connectivity index (χ3v) is 3.80. The number of carbonyl (C=O) groups excluding carboxylic acids is 1. The van der Waals surface area contributed by atoms with Gasteiger partial charge < -0.3 is 4.74 Å². The summed E-state index contributed by atoms with van der Waals surface area (Å²) in [5.41, 5.74) is 1.08. The quantitative estimate of drug-likeness (QED) is 0.865. The monoisotopic (exact) mass is 318 g/mol. The van der Waals surface area contributed by atoms with Gasteiger partial charge in [-0.25, -0.2) is 4.98 Å². The first-order valence-electron chi connectivity index (χ1n) is 7.22. The Kier molecular flexibility index (Phi) is 5.03. The Morgan fingerprint density at radius 3 is 2.64 bits per heavy atom. The zero-order valence-corrected chi connectivity index (χ0v) is 13.4. The van der Waals surface area contributed by atoms with E-state index in [1.807, 2.05) is 56.3 Å². The van der Waals surface area contributed by atoms with Crippen LogP contribution in [-0.2, 0) is 4.79 Å². The maximum atomic E-state index is 12.7. The van der Waals surface area contributed by atoms with Crippen molar-refractivity contribution < 1.29 is 9.53 Å². The highest BCUT2D eigenvalue weighted by Gasteiger charge is 2.37. The van der Waals surface area contributed by atoms with Gasteiger partial charge in [0.15, 0.2) is 17.7 Å². The van der Waals surface area contributed by atoms with E-state index in [1.54, 1.807) is 11.1 Å². The Bertz CT molecular complexity index is 648. The number of fused-ring (bicyclic) bond motifs is 1. The lowest BCUT2D eigenvalue weighted by Gasteiger charge is -2.36. The molecule has 0 spiro atoms. The third-order valence-electron chi connectivity index (χ3n) is 3.80. The van der Waals surface area contributed by atoms with Gasteiger partial charge in [0.1, 0.15) is 0 Å². The van der Waals surface area contributed by atoms with Crippen LogP contribution in [-0.4, -0.2) is 17.0 Å². The smallest absolute Gasteiger partial charge is 0.269 e. The normalized spacial score (nSPS) is 18.0. The van der Waals surface area contributed by atoms with Crippen LogP contribution in [0.2, 0.25) is 0 Å². The molecule has 2 aromatic rings. The molecule has 2 heterocycles. The lowest BCUT2D eigenvalue weighted by atomic mass is 10.0. The van der Waals surface area contributed by atoms with Crippen molar-refractivity contribution in [2.75, 3.05) is 4.90 Å². The Balaban J connectivity index is 0.00000176. The largest absolute Gasteiger partial charge is 0.477 e. The predicted molar refractivity (Wildman–Crippen MR) is 88.5 cm³/mol. The van der Waals surface area contributed by atoms with Crippen molar-refractivity contribution in [3.05, 3.63) is 54.2 Å². The predicted octanol–water partition coefficient (Wildman–Crippen LogP) is 3.77. The first kappa shape index (κ1) is 16.3. The molecule has 0 N–H and O–H groups in total. The summed E-state index contributed by atoms with van der Waals surface area (Å²) in [7, 11) is 0. The zero-order chi connectivity index (χ0) is 14.8. The second kappa shape index (κ2) is 6.79. The van der Waals surface area contributed by atoms with Gasteiger partial charge in [0, 0.05) is 6.20 Å². The van der Waals surface area contributed by atoms with Gasteiger partial charge in [-0.3, -0.25) is 9.69 Å². The molecule has 0 aliphatic carbocycles. The van der Waals surface area contributed by atoms with Gasteiger partial charge in [0.25, 0.3) is 5.91 Å². The average molecular weight is 319 g/mol. The second-order valence-electron chi connectivity index (χ2n) is 5.13.